The first-order valence-corrected chi connectivity index (χ1v) is 10.4. The topological polar surface area (TPSA) is 100 Å². The van der Waals surface area contributed by atoms with Gasteiger partial charge in [0.05, 0.1) is 6.10 Å². The van der Waals surface area contributed by atoms with Gasteiger partial charge in [0, 0.05) is 37.5 Å². The largest absolute Gasteiger partial charge is 0.500 e. The summed E-state index contributed by atoms with van der Waals surface area (Å²) in [5.74, 6) is -0.516. The number of hydrogen-bond acceptors (Lipinski definition) is 7. The maximum atomic E-state index is 11.3. The van der Waals surface area contributed by atoms with Crippen LogP contribution in [0, 0.1) is 0 Å². The molecule has 3 N–H and O–H groups in total. The number of ether oxygens (including phenoxy) is 1. The Kier molecular flexibility index (Phi) is 12.2. The second kappa shape index (κ2) is 12.6. The van der Waals surface area contributed by atoms with E-state index < -0.39 is 20.9 Å². The number of aliphatic hydroxyl groups is 1. The first-order valence-electron chi connectivity index (χ1n) is 8.48. The van der Waals surface area contributed by atoms with Gasteiger partial charge in [0.25, 0.3) is 0 Å². The zero-order chi connectivity index (χ0) is 18.6. The van der Waals surface area contributed by atoms with Gasteiger partial charge in [-0.1, -0.05) is 6.58 Å². The summed E-state index contributed by atoms with van der Waals surface area (Å²) in [6.07, 6.45) is 0.0985. The Morgan fingerprint density at radius 2 is 1.67 bits per heavy atom. The summed E-state index contributed by atoms with van der Waals surface area (Å²) < 4.78 is 22.2. The average molecular weight is 364 g/mol. The van der Waals surface area contributed by atoms with Gasteiger partial charge in [-0.25, -0.2) is 4.79 Å². The van der Waals surface area contributed by atoms with Crippen molar-refractivity contribution in [1.82, 2.24) is 0 Å². The molecule has 0 bridgehead atoms. The molecule has 7 nitrogen and oxygen atoms in total. The molecule has 0 spiro atoms. The molecular weight excluding hydrogens is 330 g/mol. The lowest BCUT2D eigenvalue weighted by molar-refractivity contribution is -0.142. The van der Waals surface area contributed by atoms with Crippen molar-refractivity contribution in [3.05, 3.63) is 12.2 Å². The third-order valence-corrected chi connectivity index (χ3v) is 6.33. The van der Waals surface area contributed by atoms with Gasteiger partial charge in [-0.15, -0.1) is 0 Å². The van der Waals surface area contributed by atoms with Crippen LogP contribution >= 0.6 is 0 Å². The van der Waals surface area contributed by atoms with Crippen molar-refractivity contribution in [1.29, 1.82) is 0 Å². The fraction of sp³-hybridized carbons (Fsp3) is 0.812. The minimum Gasteiger partial charge on any atom is -0.460 e. The molecule has 0 radical (unpaired) electrons. The fourth-order valence-electron chi connectivity index (χ4n) is 2.19. The van der Waals surface area contributed by atoms with Crippen LogP contribution in [0.2, 0.25) is 6.04 Å². The maximum absolute atomic E-state index is 11.3. The van der Waals surface area contributed by atoms with Gasteiger partial charge in [-0.2, -0.15) is 0 Å². The van der Waals surface area contributed by atoms with Crippen LogP contribution in [0.5, 0.6) is 0 Å². The SMILES string of the molecule is C=C(C)C(=O)OCC(O)CC(N)CC[Si](OCC)(OCC)OCC. The van der Waals surface area contributed by atoms with E-state index in [0.29, 0.717) is 44.3 Å². The summed E-state index contributed by atoms with van der Waals surface area (Å²) in [6.45, 7) is 12.2. The fourth-order valence-corrected chi connectivity index (χ4v) is 4.92. The lowest BCUT2D eigenvalue weighted by atomic mass is 10.1. The predicted molar refractivity (Wildman–Crippen MR) is 94.4 cm³/mol. The maximum Gasteiger partial charge on any atom is 0.500 e. The summed E-state index contributed by atoms with van der Waals surface area (Å²) in [7, 11) is -2.72. The van der Waals surface area contributed by atoms with Gasteiger partial charge >= 0.3 is 14.8 Å². The summed E-state index contributed by atoms with van der Waals surface area (Å²) in [6, 6.07) is 0.318. The van der Waals surface area contributed by atoms with E-state index in [1.807, 2.05) is 20.8 Å². The number of hydrogen-bond donors (Lipinski definition) is 2. The molecule has 0 aliphatic rings. The van der Waals surface area contributed by atoms with Crippen LogP contribution in [-0.4, -0.2) is 58.5 Å². The zero-order valence-corrected chi connectivity index (χ0v) is 16.4. The Bertz CT molecular complexity index is 363. The molecule has 0 fully saturated rings. The van der Waals surface area contributed by atoms with Gasteiger partial charge in [0.15, 0.2) is 0 Å². The first-order chi connectivity index (χ1) is 11.3. The third kappa shape index (κ3) is 9.51. The number of esters is 1. The summed E-state index contributed by atoms with van der Waals surface area (Å²) in [5, 5.41) is 9.92. The van der Waals surface area contributed by atoms with Crippen LogP contribution in [-0.2, 0) is 22.8 Å². The molecule has 8 heteroatoms. The number of aliphatic hydroxyl groups excluding tert-OH is 1. The molecule has 0 saturated heterocycles. The lowest BCUT2D eigenvalue weighted by Gasteiger charge is -2.29. The lowest BCUT2D eigenvalue weighted by Crippen LogP contribution is -2.47. The van der Waals surface area contributed by atoms with Gasteiger partial charge in [0.2, 0.25) is 0 Å². The minimum absolute atomic E-state index is 0.0929. The van der Waals surface area contributed by atoms with Crippen LogP contribution in [0.25, 0.3) is 0 Å². The molecule has 0 aromatic rings. The Balaban J connectivity index is 4.38. The molecule has 0 aliphatic heterocycles. The van der Waals surface area contributed by atoms with E-state index >= 15 is 0 Å². The van der Waals surface area contributed by atoms with E-state index in [-0.39, 0.29) is 12.6 Å². The Hall–Kier alpha value is -0.773. The number of nitrogens with two attached hydrogens (primary N) is 1. The number of rotatable bonds is 14. The number of carbonyl (C=O) groups excluding carboxylic acids is 1. The van der Waals surface area contributed by atoms with Gasteiger partial charge < -0.3 is 28.9 Å². The second-order valence-electron chi connectivity index (χ2n) is 5.55. The van der Waals surface area contributed by atoms with Crippen LogP contribution in [0.4, 0.5) is 0 Å². The standard InChI is InChI=1S/C16H33NO6Si/c1-6-21-24(22-7-2,23-8-3)10-9-14(17)11-15(18)12-20-16(19)13(4)5/h14-15,18H,4,6-12,17H2,1-3,5H3. The summed E-state index contributed by atoms with van der Waals surface area (Å²) in [4.78, 5) is 11.3. The molecule has 0 heterocycles. The average Bonchev–Trinajstić information content (AvgIpc) is 2.51. The van der Waals surface area contributed by atoms with Crippen LogP contribution in [0.15, 0.2) is 12.2 Å². The summed E-state index contributed by atoms with van der Waals surface area (Å²) in [5.41, 5.74) is 6.37. The molecule has 0 amide bonds. The van der Waals surface area contributed by atoms with E-state index in [4.69, 9.17) is 23.7 Å². The normalized spacial score (nSPS) is 14.2. The highest BCUT2D eigenvalue weighted by molar-refractivity contribution is 6.60. The Morgan fingerprint density at radius 3 is 2.08 bits per heavy atom. The predicted octanol–water partition coefficient (Wildman–Crippen LogP) is 1.62. The molecule has 0 aromatic heterocycles. The highest BCUT2D eigenvalue weighted by atomic mass is 28.4. The van der Waals surface area contributed by atoms with Crippen LogP contribution in [0.3, 0.4) is 0 Å². The molecule has 0 rings (SSSR count). The van der Waals surface area contributed by atoms with Crippen LogP contribution in [0.1, 0.15) is 40.5 Å². The molecule has 0 aromatic carbocycles. The van der Waals surface area contributed by atoms with Gasteiger partial charge in [-0.05, 0) is 40.5 Å². The molecule has 24 heavy (non-hydrogen) atoms. The quantitative estimate of drug-likeness (QED) is 0.275. The molecule has 2 unspecified atom stereocenters. The van der Waals surface area contributed by atoms with Gasteiger partial charge in [-0.3, -0.25) is 0 Å². The zero-order valence-electron chi connectivity index (χ0n) is 15.4. The highest BCUT2D eigenvalue weighted by Gasteiger charge is 2.40. The van der Waals surface area contributed by atoms with Crippen molar-refractivity contribution in [2.24, 2.45) is 5.73 Å². The molecule has 0 saturated carbocycles. The van der Waals surface area contributed by atoms with Crippen molar-refractivity contribution in [2.45, 2.75) is 58.7 Å². The van der Waals surface area contributed by atoms with Crippen molar-refractivity contribution in [2.75, 3.05) is 26.4 Å². The van der Waals surface area contributed by atoms with Crippen molar-refractivity contribution >= 4 is 14.8 Å². The monoisotopic (exact) mass is 363 g/mol. The van der Waals surface area contributed by atoms with E-state index in [2.05, 4.69) is 6.58 Å². The van der Waals surface area contributed by atoms with E-state index in [0.717, 1.165) is 0 Å². The van der Waals surface area contributed by atoms with Crippen molar-refractivity contribution in [3.8, 4) is 0 Å². The van der Waals surface area contributed by atoms with Gasteiger partial charge in [0.1, 0.15) is 6.61 Å². The molecular formula is C16H33NO6Si. The Labute approximate surface area is 146 Å². The van der Waals surface area contributed by atoms with Crippen molar-refractivity contribution in [3.63, 3.8) is 0 Å². The smallest absolute Gasteiger partial charge is 0.460 e. The molecule has 2 atom stereocenters. The second-order valence-corrected chi connectivity index (χ2v) is 8.28. The molecule has 0 aliphatic carbocycles. The third-order valence-electron chi connectivity index (χ3n) is 3.24. The van der Waals surface area contributed by atoms with E-state index in [9.17, 15) is 9.90 Å². The summed E-state index contributed by atoms with van der Waals surface area (Å²) >= 11 is 0. The molecule has 142 valence electrons. The van der Waals surface area contributed by atoms with E-state index in [1.165, 1.54) is 0 Å². The van der Waals surface area contributed by atoms with Crippen LogP contribution < -0.4 is 5.73 Å². The highest BCUT2D eigenvalue weighted by Crippen LogP contribution is 2.20. The first kappa shape index (κ1) is 23.2. The van der Waals surface area contributed by atoms with Crippen molar-refractivity contribution < 1.29 is 27.9 Å². The Morgan fingerprint density at radius 1 is 1.17 bits per heavy atom. The van der Waals surface area contributed by atoms with E-state index in [1.54, 1.807) is 6.92 Å². The number of carbonyl (C=O) groups is 1. The minimum atomic E-state index is -2.72.